The number of ether oxygens (including phenoxy) is 1. The predicted octanol–water partition coefficient (Wildman–Crippen LogP) is 1.62. The van der Waals surface area contributed by atoms with Gasteiger partial charge in [-0.25, -0.2) is 4.98 Å². The molecule has 1 saturated heterocycles. The van der Waals surface area contributed by atoms with Crippen LogP contribution in [0.2, 0.25) is 0 Å². The van der Waals surface area contributed by atoms with E-state index in [0.717, 1.165) is 17.9 Å². The molecule has 1 N–H and O–H groups in total. The number of carbonyl (C=O) groups excluding carboxylic acids is 1. The van der Waals surface area contributed by atoms with Crippen molar-refractivity contribution in [2.24, 2.45) is 5.92 Å². The molecule has 2 aliphatic rings. The molecule has 1 aromatic rings. The molecule has 2 aliphatic heterocycles. The van der Waals surface area contributed by atoms with Crippen LogP contribution in [0.5, 0.6) is 0 Å². The number of nitrogens with zero attached hydrogens (tertiary/aromatic N) is 2. The summed E-state index contributed by atoms with van der Waals surface area (Å²) in [5.41, 5.74) is 4.67. The van der Waals surface area contributed by atoms with Gasteiger partial charge in [0.2, 0.25) is 5.91 Å². The van der Waals surface area contributed by atoms with E-state index in [1.165, 1.54) is 16.7 Å². The second-order valence-corrected chi connectivity index (χ2v) is 5.63. The number of hydrogen-bond donors (Lipinski definition) is 1. The number of pyridine rings is 1. The monoisotopic (exact) mass is 275 g/mol. The average Bonchev–Trinajstić information content (AvgIpc) is 3.10. The van der Waals surface area contributed by atoms with Crippen molar-refractivity contribution in [2.75, 3.05) is 25.6 Å². The molecule has 0 aliphatic carbocycles. The standard InChI is InChI=1S/C15H21N3O2/c1-9-10(2)17-14(16-3)13-7-18(6-12(9)13)15(19)11-4-5-20-8-11/h11H,4-8H2,1-3H3,(H,16,17)/t11-/m1/s1. The molecule has 5 heteroatoms. The molecule has 20 heavy (non-hydrogen) atoms. The van der Waals surface area contributed by atoms with Crippen LogP contribution in [0, 0.1) is 19.8 Å². The van der Waals surface area contributed by atoms with Crippen LogP contribution >= 0.6 is 0 Å². The fraction of sp³-hybridized carbons (Fsp3) is 0.600. The van der Waals surface area contributed by atoms with Crippen molar-refractivity contribution < 1.29 is 9.53 Å². The third-order valence-electron chi connectivity index (χ3n) is 4.45. The second kappa shape index (κ2) is 5.05. The first-order chi connectivity index (χ1) is 9.61. The van der Waals surface area contributed by atoms with Gasteiger partial charge < -0.3 is 15.0 Å². The summed E-state index contributed by atoms with van der Waals surface area (Å²) < 4.78 is 5.33. The fourth-order valence-corrected chi connectivity index (χ4v) is 3.08. The smallest absolute Gasteiger partial charge is 0.228 e. The van der Waals surface area contributed by atoms with Crippen molar-refractivity contribution in [3.63, 3.8) is 0 Å². The topological polar surface area (TPSA) is 54.5 Å². The van der Waals surface area contributed by atoms with Gasteiger partial charge in [-0.3, -0.25) is 4.79 Å². The number of carbonyl (C=O) groups is 1. The lowest BCUT2D eigenvalue weighted by Gasteiger charge is -2.19. The second-order valence-electron chi connectivity index (χ2n) is 5.63. The molecule has 3 heterocycles. The minimum atomic E-state index is 0.0386. The molecule has 0 radical (unpaired) electrons. The first kappa shape index (κ1) is 13.4. The molecular formula is C15H21N3O2. The third kappa shape index (κ3) is 2.06. The van der Waals surface area contributed by atoms with Crippen LogP contribution in [0.15, 0.2) is 0 Å². The summed E-state index contributed by atoms with van der Waals surface area (Å²) in [4.78, 5) is 19.0. The van der Waals surface area contributed by atoms with Crippen molar-refractivity contribution in [3.8, 4) is 0 Å². The van der Waals surface area contributed by atoms with Crippen LogP contribution in [0.4, 0.5) is 5.82 Å². The van der Waals surface area contributed by atoms with Gasteiger partial charge in [0, 0.05) is 38.0 Å². The van der Waals surface area contributed by atoms with E-state index < -0.39 is 0 Å². The zero-order valence-corrected chi connectivity index (χ0v) is 12.3. The van der Waals surface area contributed by atoms with Crippen LogP contribution in [0.3, 0.4) is 0 Å². The molecule has 0 aromatic carbocycles. The van der Waals surface area contributed by atoms with Crippen molar-refractivity contribution >= 4 is 11.7 Å². The van der Waals surface area contributed by atoms with E-state index in [1.54, 1.807) is 0 Å². The summed E-state index contributed by atoms with van der Waals surface area (Å²) in [6.45, 7) is 6.75. The zero-order chi connectivity index (χ0) is 14.3. The van der Waals surface area contributed by atoms with Crippen molar-refractivity contribution in [1.29, 1.82) is 0 Å². The highest BCUT2D eigenvalue weighted by atomic mass is 16.5. The van der Waals surface area contributed by atoms with E-state index >= 15 is 0 Å². The summed E-state index contributed by atoms with van der Waals surface area (Å²) >= 11 is 0. The normalized spacial score (nSPS) is 21.1. The zero-order valence-electron chi connectivity index (χ0n) is 12.3. The van der Waals surface area contributed by atoms with Gasteiger partial charge in [0.15, 0.2) is 0 Å². The van der Waals surface area contributed by atoms with Crippen molar-refractivity contribution in [3.05, 3.63) is 22.4 Å². The molecule has 0 spiro atoms. The number of aryl methyl sites for hydroxylation is 1. The molecule has 1 aromatic heterocycles. The molecule has 0 unspecified atom stereocenters. The Labute approximate surface area is 119 Å². The molecule has 108 valence electrons. The van der Waals surface area contributed by atoms with Crippen LogP contribution < -0.4 is 5.32 Å². The van der Waals surface area contributed by atoms with E-state index in [-0.39, 0.29) is 11.8 Å². The minimum absolute atomic E-state index is 0.0386. The number of nitrogens with one attached hydrogen (secondary N) is 1. The Hall–Kier alpha value is -1.62. The highest BCUT2D eigenvalue weighted by Gasteiger charge is 2.33. The Balaban J connectivity index is 1.88. The molecule has 0 bridgehead atoms. The SMILES string of the molecule is CNc1nc(C)c(C)c2c1CN(C(=O)[C@@H]1CCOC1)C2. The van der Waals surface area contributed by atoms with Crippen molar-refractivity contribution in [1.82, 2.24) is 9.88 Å². The highest BCUT2D eigenvalue weighted by molar-refractivity contribution is 5.80. The molecule has 1 amide bonds. The summed E-state index contributed by atoms with van der Waals surface area (Å²) in [5, 5.41) is 3.15. The van der Waals surface area contributed by atoms with E-state index in [0.29, 0.717) is 26.3 Å². The number of hydrogen-bond acceptors (Lipinski definition) is 4. The predicted molar refractivity (Wildman–Crippen MR) is 76.4 cm³/mol. The lowest BCUT2D eigenvalue weighted by molar-refractivity contribution is -0.136. The van der Waals surface area contributed by atoms with Gasteiger partial charge in [-0.05, 0) is 31.4 Å². The maximum atomic E-state index is 12.5. The summed E-state index contributed by atoms with van der Waals surface area (Å²) in [6.07, 6.45) is 0.848. The number of anilines is 1. The lowest BCUT2D eigenvalue weighted by Crippen LogP contribution is -2.32. The van der Waals surface area contributed by atoms with Gasteiger partial charge >= 0.3 is 0 Å². The Morgan fingerprint density at radius 3 is 2.75 bits per heavy atom. The molecule has 1 fully saturated rings. The van der Waals surface area contributed by atoms with Crippen molar-refractivity contribution in [2.45, 2.75) is 33.4 Å². The van der Waals surface area contributed by atoms with Gasteiger partial charge in [-0.1, -0.05) is 0 Å². The number of amides is 1. The van der Waals surface area contributed by atoms with E-state index in [1.807, 2.05) is 18.9 Å². The fourth-order valence-electron chi connectivity index (χ4n) is 3.08. The van der Waals surface area contributed by atoms with Gasteiger partial charge in [0.25, 0.3) is 0 Å². The highest BCUT2D eigenvalue weighted by Crippen LogP contribution is 2.33. The maximum absolute atomic E-state index is 12.5. The number of rotatable bonds is 2. The van der Waals surface area contributed by atoms with Crippen LogP contribution in [-0.2, 0) is 22.6 Å². The molecule has 1 atom stereocenters. The van der Waals surface area contributed by atoms with Gasteiger partial charge in [-0.15, -0.1) is 0 Å². The Morgan fingerprint density at radius 2 is 2.10 bits per heavy atom. The summed E-state index contributed by atoms with van der Waals surface area (Å²) in [7, 11) is 1.88. The van der Waals surface area contributed by atoms with Gasteiger partial charge in [-0.2, -0.15) is 0 Å². The lowest BCUT2D eigenvalue weighted by atomic mass is 10.0. The number of aromatic nitrogens is 1. The Kier molecular flexibility index (Phi) is 3.38. The van der Waals surface area contributed by atoms with Crippen LogP contribution in [-0.4, -0.2) is 36.1 Å². The van der Waals surface area contributed by atoms with Crippen LogP contribution in [0.25, 0.3) is 0 Å². The van der Waals surface area contributed by atoms with Crippen LogP contribution in [0.1, 0.15) is 28.8 Å². The van der Waals surface area contributed by atoms with E-state index in [9.17, 15) is 4.79 Å². The first-order valence-electron chi connectivity index (χ1n) is 7.15. The van der Waals surface area contributed by atoms with Gasteiger partial charge in [0.1, 0.15) is 5.82 Å². The molecule has 5 nitrogen and oxygen atoms in total. The third-order valence-corrected chi connectivity index (χ3v) is 4.45. The Bertz CT molecular complexity index is 551. The summed E-state index contributed by atoms with van der Waals surface area (Å²) in [6, 6.07) is 0. The molecule has 3 rings (SSSR count). The average molecular weight is 275 g/mol. The molecular weight excluding hydrogens is 254 g/mol. The maximum Gasteiger partial charge on any atom is 0.228 e. The minimum Gasteiger partial charge on any atom is -0.381 e. The largest absolute Gasteiger partial charge is 0.381 e. The van der Waals surface area contributed by atoms with Gasteiger partial charge in [0.05, 0.1) is 12.5 Å². The first-order valence-corrected chi connectivity index (χ1v) is 7.15. The summed E-state index contributed by atoms with van der Waals surface area (Å²) in [5.74, 6) is 1.16. The molecule has 0 saturated carbocycles. The Morgan fingerprint density at radius 1 is 1.35 bits per heavy atom. The quantitative estimate of drug-likeness (QED) is 0.891. The van der Waals surface area contributed by atoms with E-state index in [2.05, 4.69) is 17.2 Å². The number of fused-ring (bicyclic) bond motifs is 1. The van der Waals surface area contributed by atoms with E-state index in [4.69, 9.17) is 4.74 Å².